The minimum atomic E-state index is -0.934. The highest BCUT2D eigenvalue weighted by molar-refractivity contribution is 8.00. The van der Waals surface area contributed by atoms with Crippen molar-refractivity contribution in [3.05, 3.63) is 16.3 Å². The van der Waals surface area contributed by atoms with Crippen LogP contribution in [0.5, 0.6) is 0 Å². The molecule has 0 aliphatic carbocycles. The third-order valence-corrected chi connectivity index (χ3v) is 4.05. The molecule has 1 amide bonds. The topological polar surface area (TPSA) is 75.6 Å². The van der Waals surface area contributed by atoms with E-state index >= 15 is 0 Å². The lowest BCUT2D eigenvalue weighted by atomic mass is 10.4. The van der Waals surface area contributed by atoms with Crippen LogP contribution in [0.3, 0.4) is 0 Å². The SMILES string of the molecule is COCCCNC(=O)CSc1csc(C(=O)O)c1. The zero-order chi connectivity index (χ0) is 13.4. The smallest absolute Gasteiger partial charge is 0.345 e. The van der Waals surface area contributed by atoms with Crippen molar-refractivity contribution >= 4 is 35.0 Å². The molecule has 100 valence electrons. The van der Waals surface area contributed by atoms with Gasteiger partial charge >= 0.3 is 5.97 Å². The number of methoxy groups -OCH3 is 1. The maximum atomic E-state index is 11.4. The number of aromatic carboxylic acids is 1. The molecule has 1 aromatic heterocycles. The molecule has 0 bridgehead atoms. The molecule has 1 heterocycles. The Hall–Kier alpha value is -1.05. The number of carbonyl (C=O) groups excluding carboxylic acids is 1. The third-order valence-electron chi connectivity index (χ3n) is 2.00. The van der Waals surface area contributed by atoms with E-state index in [0.717, 1.165) is 11.3 Å². The van der Waals surface area contributed by atoms with Crippen molar-refractivity contribution in [3.63, 3.8) is 0 Å². The molecule has 1 aromatic rings. The third kappa shape index (κ3) is 5.52. The predicted octanol–water partition coefficient (Wildman–Crippen LogP) is 1.69. The van der Waals surface area contributed by atoms with Gasteiger partial charge in [0.2, 0.25) is 5.91 Å². The molecule has 7 heteroatoms. The number of rotatable bonds is 8. The normalized spacial score (nSPS) is 10.3. The summed E-state index contributed by atoms with van der Waals surface area (Å²) in [6.45, 7) is 1.22. The molecule has 5 nitrogen and oxygen atoms in total. The van der Waals surface area contributed by atoms with Gasteiger partial charge in [-0.3, -0.25) is 4.79 Å². The second-order valence-electron chi connectivity index (χ2n) is 3.44. The van der Waals surface area contributed by atoms with E-state index in [2.05, 4.69) is 5.32 Å². The van der Waals surface area contributed by atoms with Crippen LogP contribution in [0.1, 0.15) is 16.1 Å². The zero-order valence-electron chi connectivity index (χ0n) is 9.97. The minimum absolute atomic E-state index is 0.0563. The average Bonchev–Trinajstić information content (AvgIpc) is 2.81. The number of carboxylic acid groups (broad SMARTS) is 1. The van der Waals surface area contributed by atoms with Crippen molar-refractivity contribution in [3.8, 4) is 0 Å². The Morgan fingerprint density at radius 1 is 1.56 bits per heavy atom. The van der Waals surface area contributed by atoms with Crippen molar-refractivity contribution in [1.82, 2.24) is 5.32 Å². The summed E-state index contributed by atoms with van der Waals surface area (Å²) in [5, 5.41) is 13.3. The number of nitrogens with one attached hydrogen (secondary N) is 1. The molecule has 0 aliphatic rings. The average molecular weight is 289 g/mol. The Morgan fingerprint density at radius 3 is 2.94 bits per heavy atom. The molecule has 0 spiro atoms. The van der Waals surface area contributed by atoms with E-state index in [0.29, 0.717) is 18.9 Å². The number of hydrogen-bond acceptors (Lipinski definition) is 5. The Kier molecular flexibility index (Phi) is 6.77. The number of carboxylic acids is 1. The summed E-state index contributed by atoms with van der Waals surface area (Å²) in [5.74, 6) is -0.696. The molecule has 0 fully saturated rings. The Labute approximate surface area is 114 Å². The van der Waals surface area contributed by atoms with E-state index in [4.69, 9.17) is 9.84 Å². The lowest BCUT2D eigenvalue weighted by Gasteiger charge is -2.03. The van der Waals surface area contributed by atoms with Crippen molar-refractivity contribution in [2.24, 2.45) is 0 Å². The molecule has 2 N–H and O–H groups in total. The summed E-state index contributed by atoms with van der Waals surface area (Å²) < 4.78 is 4.87. The maximum absolute atomic E-state index is 11.4. The number of ether oxygens (including phenoxy) is 1. The van der Waals surface area contributed by atoms with Crippen LogP contribution in [0, 0.1) is 0 Å². The van der Waals surface area contributed by atoms with Crippen molar-refractivity contribution in [2.45, 2.75) is 11.3 Å². The first-order chi connectivity index (χ1) is 8.63. The summed E-state index contributed by atoms with van der Waals surface area (Å²) in [6.07, 6.45) is 0.786. The lowest BCUT2D eigenvalue weighted by Crippen LogP contribution is -2.26. The second-order valence-corrected chi connectivity index (χ2v) is 5.40. The van der Waals surface area contributed by atoms with Gasteiger partial charge in [0, 0.05) is 30.5 Å². The number of carbonyl (C=O) groups is 2. The van der Waals surface area contributed by atoms with Crippen LogP contribution in [0.25, 0.3) is 0 Å². The Bertz CT molecular complexity index is 406. The van der Waals surface area contributed by atoms with Gasteiger partial charge in [-0.2, -0.15) is 0 Å². The van der Waals surface area contributed by atoms with Crippen LogP contribution < -0.4 is 5.32 Å². The summed E-state index contributed by atoms with van der Waals surface area (Å²) >= 11 is 2.50. The zero-order valence-corrected chi connectivity index (χ0v) is 11.6. The van der Waals surface area contributed by atoms with Crippen LogP contribution in [-0.2, 0) is 9.53 Å². The second kappa shape index (κ2) is 8.12. The van der Waals surface area contributed by atoms with Gasteiger partial charge in [0.05, 0.1) is 5.75 Å². The first-order valence-electron chi connectivity index (χ1n) is 5.33. The van der Waals surface area contributed by atoms with Gasteiger partial charge in [0.25, 0.3) is 0 Å². The molecule has 18 heavy (non-hydrogen) atoms. The van der Waals surface area contributed by atoms with E-state index in [1.54, 1.807) is 18.6 Å². The van der Waals surface area contributed by atoms with E-state index < -0.39 is 5.97 Å². The molecule has 0 atom stereocenters. The minimum Gasteiger partial charge on any atom is -0.477 e. The molecular formula is C11H15NO4S2. The monoisotopic (exact) mass is 289 g/mol. The van der Waals surface area contributed by atoms with Crippen molar-refractivity contribution in [2.75, 3.05) is 26.0 Å². The van der Waals surface area contributed by atoms with Gasteiger partial charge in [0.15, 0.2) is 0 Å². The van der Waals surface area contributed by atoms with E-state index in [-0.39, 0.29) is 10.8 Å². The number of amides is 1. The van der Waals surface area contributed by atoms with E-state index in [9.17, 15) is 9.59 Å². The Morgan fingerprint density at radius 2 is 2.33 bits per heavy atom. The summed E-state index contributed by atoms with van der Waals surface area (Å²) in [7, 11) is 1.62. The van der Waals surface area contributed by atoms with Crippen LogP contribution in [-0.4, -0.2) is 43.0 Å². The fourth-order valence-corrected chi connectivity index (χ4v) is 2.85. The molecule has 0 aromatic carbocycles. The summed E-state index contributed by atoms with van der Waals surface area (Å²) in [4.78, 5) is 23.2. The molecular weight excluding hydrogens is 274 g/mol. The van der Waals surface area contributed by atoms with E-state index in [1.807, 2.05) is 0 Å². The standard InChI is InChI=1S/C11H15NO4S2/c1-16-4-2-3-12-10(13)7-17-8-5-9(11(14)15)18-6-8/h5-6H,2-4,7H2,1H3,(H,12,13)(H,14,15). The Balaban J connectivity index is 2.23. The predicted molar refractivity (Wildman–Crippen MR) is 71.5 cm³/mol. The fourth-order valence-electron chi connectivity index (χ4n) is 1.15. The molecule has 0 radical (unpaired) electrons. The highest BCUT2D eigenvalue weighted by atomic mass is 32.2. The number of thioether (sulfide) groups is 1. The first-order valence-corrected chi connectivity index (χ1v) is 7.20. The van der Waals surface area contributed by atoms with Gasteiger partial charge in [-0.05, 0) is 12.5 Å². The molecule has 0 saturated carbocycles. The van der Waals surface area contributed by atoms with Gasteiger partial charge in [-0.25, -0.2) is 4.79 Å². The quantitative estimate of drug-likeness (QED) is 0.562. The van der Waals surface area contributed by atoms with E-state index in [1.165, 1.54) is 23.1 Å². The highest BCUT2D eigenvalue weighted by Crippen LogP contribution is 2.24. The first kappa shape index (κ1) is 15.0. The van der Waals surface area contributed by atoms with Gasteiger partial charge in [-0.1, -0.05) is 0 Å². The molecule has 0 aliphatic heterocycles. The fraction of sp³-hybridized carbons (Fsp3) is 0.455. The highest BCUT2D eigenvalue weighted by Gasteiger charge is 2.08. The molecule has 0 saturated heterocycles. The van der Waals surface area contributed by atoms with Gasteiger partial charge in [-0.15, -0.1) is 23.1 Å². The summed E-state index contributed by atoms with van der Waals surface area (Å²) in [6, 6.07) is 1.58. The number of thiophene rings is 1. The van der Waals surface area contributed by atoms with Crippen LogP contribution in [0.2, 0.25) is 0 Å². The van der Waals surface area contributed by atoms with Crippen molar-refractivity contribution < 1.29 is 19.4 Å². The van der Waals surface area contributed by atoms with Crippen LogP contribution in [0.4, 0.5) is 0 Å². The maximum Gasteiger partial charge on any atom is 0.345 e. The molecule has 1 rings (SSSR count). The summed E-state index contributed by atoms with van der Waals surface area (Å²) in [5.41, 5.74) is 0. The largest absolute Gasteiger partial charge is 0.477 e. The van der Waals surface area contributed by atoms with Gasteiger partial charge in [0.1, 0.15) is 4.88 Å². The molecule has 0 unspecified atom stereocenters. The van der Waals surface area contributed by atoms with Crippen LogP contribution >= 0.6 is 23.1 Å². The number of hydrogen-bond donors (Lipinski definition) is 2. The lowest BCUT2D eigenvalue weighted by molar-refractivity contribution is -0.118. The van der Waals surface area contributed by atoms with Crippen LogP contribution in [0.15, 0.2) is 16.3 Å². The van der Waals surface area contributed by atoms with Gasteiger partial charge < -0.3 is 15.2 Å². The van der Waals surface area contributed by atoms with Crippen molar-refractivity contribution in [1.29, 1.82) is 0 Å².